The highest BCUT2D eigenvalue weighted by Crippen LogP contribution is 2.29. The number of ether oxygens (including phenoxy) is 1. The lowest BCUT2D eigenvalue weighted by Crippen LogP contribution is -2.35. The van der Waals surface area contributed by atoms with Crippen LogP contribution in [-0.2, 0) is 6.61 Å². The highest BCUT2D eigenvalue weighted by molar-refractivity contribution is 7.22. The molecule has 1 aliphatic rings. The fraction of sp³-hybridized carbons (Fsp3) is 0.261. The van der Waals surface area contributed by atoms with Gasteiger partial charge in [0.2, 0.25) is 0 Å². The number of amides is 1. The van der Waals surface area contributed by atoms with Gasteiger partial charge in [0.1, 0.15) is 12.4 Å². The van der Waals surface area contributed by atoms with E-state index in [-0.39, 0.29) is 12.5 Å². The summed E-state index contributed by atoms with van der Waals surface area (Å²) in [6.07, 6.45) is 0.878. The van der Waals surface area contributed by atoms with Gasteiger partial charge in [-0.15, -0.1) is 0 Å². The van der Waals surface area contributed by atoms with E-state index in [0.717, 1.165) is 35.9 Å². The molecule has 0 spiro atoms. The number of aromatic nitrogens is 2. The van der Waals surface area contributed by atoms with Gasteiger partial charge in [0, 0.05) is 32.2 Å². The summed E-state index contributed by atoms with van der Waals surface area (Å²) >= 11 is 1.70. The number of hydrogen-bond acceptors (Lipinski definition) is 7. The Morgan fingerprint density at radius 2 is 1.87 bits per heavy atom. The van der Waals surface area contributed by atoms with Crippen molar-refractivity contribution in [3.8, 4) is 5.75 Å². The van der Waals surface area contributed by atoms with Crippen LogP contribution >= 0.6 is 11.3 Å². The van der Waals surface area contributed by atoms with E-state index in [1.165, 1.54) is 4.70 Å². The Morgan fingerprint density at radius 3 is 2.74 bits per heavy atom. The van der Waals surface area contributed by atoms with Crippen molar-refractivity contribution in [3.63, 3.8) is 0 Å². The maximum atomic E-state index is 13.0. The van der Waals surface area contributed by atoms with E-state index in [9.17, 15) is 4.79 Å². The van der Waals surface area contributed by atoms with E-state index in [1.54, 1.807) is 17.4 Å². The zero-order valence-corrected chi connectivity index (χ0v) is 17.8. The van der Waals surface area contributed by atoms with Crippen molar-refractivity contribution in [2.75, 3.05) is 31.1 Å². The molecule has 1 amide bonds. The van der Waals surface area contributed by atoms with Gasteiger partial charge < -0.3 is 19.1 Å². The number of thiazole rings is 1. The largest absolute Gasteiger partial charge is 0.486 e. The molecular weight excluding hydrogens is 412 g/mol. The molecule has 8 heteroatoms. The van der Waals surface area contributed by atoms with Crippen LogP contribution in [0.5, 0.6) is 5.75 Å². The van der Waals surface area contributed by atoms with Crippen LogP contribution in [0.25, 0.3) is 10.2 Å². The third kappa shape index (κ3) is 4.39. The van der Waals surface area contributed by atoms with E-state index in [0.29, 0.717) is 24.5 Å². The van der Waals surface area contributed by atoms with Crippen molar-refractivity contribution >= 4 is 32.6 Å². The maximum Gasteiger partial charge on any atom is 0.276 e. The minimum Gasteiger partial charge on any atom is -0.486 e. The summed E-state index contributed by atoms with van der Waals surface area (Å²) in [6, 6.07) is 19.3. The Labute approximate surface area is 183 Å². The second kappa shape index (κ2) is 8.77. The Bertz CT molecular complexity index is 1140. The fourth-order valence-electron chi connectivity index (χ4n) is 3.62. The van der Waals surface area contributed by atoms with Crippen LogP contribution in [0.3, 0.4) is 0 Å². The lowest BCUT2D eigenvalue weighted by Gasteiger charge is -2.20. The average molecular weight is 435 g/mol. The lowest BCUT2D eigenvalue weighted by atomic mass is 10.3. The minimum absolute atomic E-state index is 0.110. The van der Waals surface area contributed by atoms with Crippen LogP contribution < -0.4 is 9.64 Å². The highest BCUT2D eigenvalue weighted by Gasteiger charge is 2.24. The second-order valence-corrected chi connectivity index (χ2v) is 8.39. The first kappa shape index (κ1) is 19.6. The van der Waals surface area contributed by atoms with E-state index < -0.39 is 0 Å². The Kier molecular flexibility index (Phi) is 5.54. The van der Waals surface area contributed by atoms with Crippen molar-refractivity contribution in [3.05, 3.63) is 72.1 Å². The number of carbonyl (C=O) groups excluding carboxylic acids is 1. The van der Waals surface area contributed by atoms with Crippen molar-refractivity contribution in [2.45, 2.75) is 13.0 Å². The van der Waals surface area contributed by atoms with Crippen molar-refractivity contribution in [2.24, 2.45) is 0 Å². The van der Waals surface area contributed by atoms with Crippen LogP contribution in [-0.4, -0.2) is 47.1 Å². The Balaban J connectivity index is 1.21. The smallest absolute Gasteiger partial charge is 0.276 e. The van der Waals surface area contributed by atoms with Crippen LogP contribution in [0.2, 0.25) is 0 Å². The van der Waals surface area contributed by atoms with Gasteiger partial charge in [0.25, 0.3) is 5.91 Å². The van der Waals surface area contributed by atoms with E-state index in [4.69, 9.17) is 14.2 Å². The summed E-state index contributed by atoms with van der Waals surface area (Å²) in [7, 11) is 0. The predicted octanol–water partition coefficient (Wildman–Crippen LogP) is 4.22. The van der Waals surface area contributed by atoms with Crippen LogP contribution in [0.15, 0.2) is 65.2 Å². The van der Waals surface area contributed by atoms with Gasteiger partial charge in [0.05, 0.1) is 10.2 Å². The molecule has 3 heterocycles. The molecule has 0 N–H and O–H groups in total. The second-order valence-electron chi connectivity index (χ2n) is 7.38. The summed E-state index contributed by atoms with van der Waals surface area (Å²) in [5.41, 5.74) is 1.34. The van der Waals surface area contributed by atoms with Crippen molar-refractivity contribution in [1.82, 2.24) is 15.0 Å². The average Bonchev–Trinajstić information content (AvgIpc) is 3.39. The molecule has 1 saturated heterocycles. The lowest BCUT2D eigenvalue weighted by molar-refractivity contribution is 0.0756. The molecule has 0 bridgehead atoms. The Morgan fingerprint density at radius 1 is 1.03 bits per heavy atom. The topological polar surface area (TPSA) is 71.7 Å². The van der Waals surface area contributed by atoms with Crippen LogP contribution in [0.1, 0.15) is 22.7 Å². The van der Waals surface area contributed by atoms with Gasteiger partial charge in [-0.3, -0.25) is 4.79 Å². The number of para-hydroxylation sites is 2. The van der Waals surface area contributed by atoms with Crippen molar-refractivity contribution < 1.29 is 14.1 Å². The van der Waals surface area contributed by atoms with Gasteiger partial charge in [0.15, 0.2) is 16.6 Å². The summed E-state index contributed by atoms with van der Waals surface area (Å²) in [5.74, 6) is 1.16. The minimum atomic E-state index is -0.110. The summed E-state index contributed by atoms with van der Waals surface area (Å²) in [5, 5.41) is 4.98. The number of nitrogens with zero attached hydrogens (tertiary/aromatic N) is 4. The number of anilines is 1. The van der Waals surface area contributed by atoms with Gasteiger partial charge >= 0.3 is 0 Å². The quantitative estimate of drug-likeness (QED) is 0.468. The van der Waals surface area contributed by atoms with Gasteiger partial charge in [-0.2, -0.15) is 0 Å². The number of rotatable bonds is 5. The molecular formula is C23H22N4O3S. The number of carbonyl (C=O) groups is 1. The first-order valence-electron chi connectivity index (χ1n) is 10.3. The van der Waals surface area contributed by atoms with Gasteiger partial charge in [-0.05, 0) is 30.7 Å². The summed E-state index contributed by atoms with van der Waals surface area (Å²) < 4.78 is 12.2. The van der Waals surface area contributed by atoms with Crippen LogP contribution in [0.4, 0.5) is 5.13 Å². The Hall–Kier alpha value is -3.39. The normalized spacial score (nSPS) is 14.6. The molecule has 1 fully saturated rings. The highest BCUT2D eigenvalue weighted by atomic mass is 32.1. The molecule has 0 saturated carbocycles. The standard InChI is InChI=1S/C23H22N4O3S/c28-22(20-15-18(30-25-20)16-29-17-7-2-1-3-8-17)26-11-6-12-27(14-13-26)23-24-19-9-4-5-10-21(19)31-23/h1-5,7-10,15H,6,11-14,16H2. The maximum absolute atomic E-state index is 13.0. The molecule has 2 aromatic carbocycles. The van der Waals surface area contributed by atoms with E-state index >= 15 is 0 Å². The first-order chi connectivity index (χ1) is 15.3. The molecule has 4 aromatic rings. The molecule has 31 heavy (non-hydrogen) atoms. The third-order valence-electron chi connectivity index (χ3n) is 5.24. The fourth-order valence-corrected chi connectivity index (χ4v) is 4.64. The summed E-state index contributed by atoms with van der Waals surface area (Å²) in [4.78, 5) is 21.8. The van der Waals surface area contributed by atoms with Gasteiger partial charge in [-0.1, -0.05) is 46.8 Å². The summed E-state index contributed by atoms with van der Waals surface area (Å²) in [6.45, 7) is 3.15. The molecule has 0 unspecified atom stereocenters. The monoisotopic (exact) mass is 434 g/mol. The number of benzene rings is 2. The molecule has 2 aromatic heterocycles. The van der Waals surface area contributed by atoms with Crippen LogP contribution in [0, 0.1) is 0 Å². The molecule has 7 nitrogen and oxygen atoms in total. The molecule has 0 aliphatic carbocycles. The SMILES string of the molecule is O=C(c1cc(COc2ccccc2)on1)N1CCCN(c2nc3ccccc3s2)CC1. The van der Waals surface area contributed by atoms with E-state index in [2.05, 4.69) is 16.1 Å². The number of hydrogen-bond donors (Lipinski definition) is 0. The molecule has 0 radical (unpaired) electrons. The van der Waals surface area contributed by atoms with E-state index in [1.807, 2.05) is 53.4 Å². The molecule has 5 rings (SSSR count). The predicted molar refractivity (Wildman–Crippen MR) is 120 cm³/mol. The number of fused-ring (bicyclic) bond motifs is 1. The van der Waals surface area contributed by atoms with Gasteiger partial charge in [-0.25, -0.2) is 4.98 Å². The first-order valence-corrected chi connectivity index (χ1v) is 11.1. The molecule has 1 aliphatic heterocycles. The van der Waals surface area contributed by atoms with Crippen molar-refractivity contribution in [1.29, 1.82) is 0 Å². The molecule has 0 atom stereocenters. The zero-order valence-electron chi connectivity index (χ0n) is 16.9. The molecule has 158 valence electrons. The zero-order chi connectivity index (χ0) is 21.0. The third-order valence-corrected chi connectivity index (χ3v) is 6.34.